The van der Waals surface area contributed by atoms with Gasteiger partial charge in [-0.3, -0.25) is 14.5 Å². The van der Waals surface area contributed by atoms with Crippen molar-refractivity contribution in [3.05, 3.63) is 122 Å². The summed E-state index contributed by atoms with van der Waals surface area (Å²) in [4.78, 5) is 56.0. The molecule has 3 aliphatic heterocycles. The monoisotopic (exact) mass is 688 g/mol. The number of hydrogen-bond donors (Lipinski definition) is 1. The van der Waals surface area contributed by atoms with E-state index >= 15 is 0 Å². The zero-order valence-corrected chi connectivity index (χ0v) is 29.1. The Morgan fingerprint density at radius 2 is 1.71 bits per heavy atom. The van der Waals surface area contributed by atoms with Gasteiger partial charge in [-0.2, -0.15) is 0 Å². The van der Waals surface area contributed by atoms with Gasteiger partial charge in [0.05, 0.1) is 17.4 Å². The Bertz CT molecular complexity index is 2200. The second-order valence-corrected chi connectivity index (χ2v) is 14.0. The Balaban J connectivity index is 1.15. The van der Waals surface area contributed by atoms with Crippen molar-refractivity contribution in [2.24, 2.45) is 0 Å². The molecule has 1 N–H and O–H groups in total. The SMILES string of the molecule is Cc1cc(-n2c(N3CCN(Cc4ccccc4)C3=O)nc3c(c2=O)CCN(C(=O)c2cc4cc(C5CCOCC5)ccc4[nH]2)C3C)cc(C)c1F. The van der Waals surface area contributed by atoms with E-state index < -0.39 is 6.04 Å². The quantitative estimate of drug-likeness (QED) is 0.218. The molecule has 51 heavy (non-hydrogen) atoms. The number of aromatic nitrogens is 3. The van der Waals surface area contributed by atoms with Gasteiger partial charge in [-0.15, -0.1) is 0 Å². The maximum atomic E-state index is 14.8. The van der Waals surface area contributed by atoms with E-state index in [1.807, 2.05) is 49.4 Å². The summed E-state index contributed by atoms with van der Waals surface area (Å²) in [6, 6.07) is 20.4. The molecule has 2 saturated heterocycles. The van der Waals surface area contributed by atoms with E-state index in [0.717, 1.165) is 42.5 Å². The van der Waals surface area contributed by atoms with Crippen LogP contribution in [0.2, 0.25) is 0 Å². The number of H-pyrrole nitrogens is 1. The van der Waals surface area contributed by atoms with Crippen molar-refractivity contribution >= 4 is 28.8 Å². The summed E-state index contributed by atoms with van der Waals surface area (Å²) in [5.74, 6) is 0.0820. The summed E-state index contributed by atoms with van der Waals surface area (Å²) < 4.78 is 21.8. The number of anilines is 1. The minimum atomic E-state index is -0.540. The van der Waals surface area contributed by atoms with Gasteiger partial charge in [0.2, 0.25) is 5.95 Å². The van der Waals surface area contributed by atoms with Crippen LogP contribution in [-0.4, -0.2) is 69.1 Å². The summed E-state index contributed by atoms with van der Waals surface area (Å²) in [5.41, 5.74) is 5.47. The van der Waals surface area contributed by atoms with Crippen molar-refractivity contribution in [1.29, 1.82) is 0 Å². The third kappa shape index (κ3) is 5.89. The molecular formula is C40H41FN6O4. The van der Waals surface area contributed by atoms with Crippen molar-refractivity contribution in [3.8, 4) is 5.69 Å². The Labute approximate surface area is 295 Å². The highest BCUT2D eigenvalue weighted by molar-refractivity contribution is 5.98. The van der Waals surface area contributed by atoms with Crippen LogP contribution >= 0.6 is 0 Å². The minimum Gasteiger partial charge on any atom is -0.381 e. The first-order valence-electron chi connectivity index (χ1n) is 17.7. The van der Waals surface area contributed by atoms with Gasteiger partial charge >= 0.3 is 6.03 Å². The first-order chi connectivity index (χ1) is 24.7. The van der Waals surface area contributed by atoms with Gasteiger partial charge < -0.3 is 19.5 Å². The number of hydrogen-bond acceptors (Lipinski definition) is 5. The lowest BCUT2D eigenvalue weighted by atomic mass is 9.91. The fourth-order valence-corrected chi connectivity index (χ4v) is 7.88. The zero-order valence-electron chi connectivity index (χ0n) is 29.1. The van der Waals surface area contributed by atoms with Gasteiger partial charge in [0.15, 0.2) is 0 Å². The van der Waals surface area contributed by atoms with E-state index in [1.54, 1.807) is 35.8 Å². The van der Waals surface area contributed by atoms with E-state index in [0.29, 0.717) is 72.3 Å². The molecular weight excluding hydrogens is 647 g/mol. The number of aromatic amines is 1. The van der Waals surface area contributed by atoms with Crippen LogP contribution in [0.3, 0.4) is 0 Å². The molecule has 2 aromatic heterocycles. The number of nitrogens with one attached hydrogen (secondary N) is 1. The van der Waals surface area contributed by atoms with Gasteiger partial charge in [-0.25, -0.2) is 18.7 Å². The number of aryl methyl sites for hydroxylation is 2. The minimum absolute atomic E-state index is 0.164. The lowest BCUT2D eigenvalue weighted by Crippen LogP contribution is -2.44. The van der Waals surface area contributed by atoms with Gasteiger partial charge in [-0.05, 0) is 98.5 Å². The van der Waals surface area contributed by atoms with E-state index in [2.05, 4.69) is 17.1 Å². The van der Waals surface area contributed by atoms with Crippen LogP contribution in [0.15, 0.2) is 71.5 Å². The van der Waals surface area contributed by atoms with Crippen LogP contribution in [0.25, 0.3) is 16.6 Å². The van der Waals surface area contributed by atoms with Crippen LogP contribution in [-0.2, 0) is 17.7 Å². The average molecular weight is 689 g/mol. The van der Waals surface area contributed by atoms with E-state index in [4.69, 9.17) is 9.72 Å². The van der Waals surface area contributed by atoms with Crippen LogP contribution in [0.1, 0.15) is 75.7 Å². The van der Waals surface area contributed by atoms with Gasteiger partial charge in [0.25, 0.3) is 11.5 Å². The maximum Gasteiger partial charge on any atom is 0.327 e. The van der Waals surface area contributed by atoms with Crippen LogP contribution < -0.4 is 10.5 Å². The Hall–Kier alpha value is -5.29. The first kappa shape index (κ1) is 32.9. The molecule has 0 spiro atoms. The fourth-order valence-electron chi connectivity index (χ4n) is 7.88. The fraction of sp³-hybridized carbons (Fsp3) is 0.350. The molecule has 8 rings (SSSR count). The average Bonchev–Trinajstić information content (AvgIpc) is 3.74. The number of carbonyl (C=O) groups is 2. The Morgan fingerprint density at radius 3 is 2.45 bits per heavy atom. The summed E-state index contributed by atoms with van der Waals surface area (Å²) in [7, 11) is 0. The van der Waals surface area contributed by atoms with Crippen molar-refractivity contribution in [2.45, 2.75) is 58.5 Å². The molecule has 0 bridgehead atoms. The lowest BCUT2D eigenvalue weighted by Gasteiger charge is -2.35. The van der Waals surface area contributed by atoms with Crippen molar-refractivity contribution < 1.29 is 18.7 Å². The number of urea groups is 1. The number of carbonyl (C=O) groups excluding carboxylic acids is 2. The highest BCUT2D eigenvalue weighted by Crippen LogP contribution is 2.34. The van der Waals surface area contributed by atoms with Crippen molar-refractivity contribution in [3.63, 3.8) is 0 Å². The summed E-state index contributed by atoms with van der Waals surface area (Å²) in [6.07, 6.45) is 2.26. The highest BCUT2D eigenvalue weighted by Gasteiger charge is 2.38. The molecule has 1 unspecified atom stereocenters. The molecule has 3 aromatic carbocycles. The number of fused-ring (bicyclic) bond motifs is 2. The standard InChI is InChI=1S/C40H41FN6O4/c1-24-19-31(20-25(2)35(24)41)47-37(48)32-11-14-45(38(49)34-22-30-21-29(9-10-33(30)42-34)28-12-17-51-18-13-28)26(3)36(32)43-39(47)46-16-15-44(40(46)50)23-27-7-5-4-6-8-27/h4-10,19-22,26,28,42H,11-18,23H2,1-3H3. The molecule has 5 heterocycles. The van der Waals surface area contributed by atoms with E-state index in [1.165, 1.54) is 15.0 Å². The van der Waals surface area contributed by atoms with Crippen LogP contribution in [0, 0.1) is 19.7 Å². The molecule has 10 nitrogen and oxygen atoms in total. The Kier molecular flexibility index (Phi) is 8.46. The molecule has 1 atom stereocenters. The predicted molar refractivity (Wildman–Crippen MR) is 193 cm³/mol. The lowest BCUT2D eigenvalue weighted by molar-refractivity contribution is 0.0666. The second-order valence-electron chi connectivity index (χ2n) is 14.0. The van der Waals surface area contributed by atoms with Crippen LogP contribution in [0.4, 0.5) is 15.1 Å². The van der Waals surface area contributed by atoms with Crippen molar-refractivity contribution in [2.75, 3.05) is 37.7 Å². The molecule has 0 saturated carbocycles. The smallest absolute Gasteiger partial charge is 0.327 e. The van der Waals surface area contributed by atoms with Gasteiger partial charge in [-0.1, -0.05) is 36.4 Å². The third-order valence-corrected chi connectivity index (χ3v) is 10.7. The van der Waals surface area contributed by atoms with Gasteiger partial charge in [0.1, 0.15) is 11.5 Å². The molecule has 0 aliphatic carbocycles. The number of nitrogens with zero attached hydrogens (tertiary/aromatic N) is 5. The molecule has 3 aliphatic rings. The number of ether oxygens (including phenoxy) is 1. The summed E-state index contributed by atoms with van der Waals surface area (Å²) >= 11 is 0. The number of amides is 3. The predicted octanol–water partition coefficient (Wildman–Crippen LogP) is 6.57. The van der Waals surface area contributed by atoms with Crippen LogP contribution in [0.5, 0.6) is 0 Å². The molecule has 262 valence electrons. The number of benzene rings is 3. The topological polar surface area (TPSA) is 104 Å². The number of halogens is 1. The van der Waals surface area contributed by atoms with E-state index in [-0.39, 0.29) is 29.3 Å². The first-order valence-corrected chi connectivity index (χ1v) is 17.7. The van der Waals surface area contributed by atoms with Gasteiger partial charge in [0, 0.05) is 55.9 Å². The molecule has 0 radical (unpaired) electrons. The Morgan fingerprint density at radius 1 is 0.961 bits per heavy atom. The summed E-state index contributed by atoms with van der Waals surface area (Å²) in [5, 5.41) is 0.980. The third-order valence-electron chi connectivity index (χ3n) is 10.7. The number of rotatable bonds is 6. The van der Waals surface area contributed by atoms with Crippen molar-refractivity contribution in [1.82, 2.24) is 24.3 Å². The highest BCUT2D eigenvalue weighted by atomic mass is 19.1. The van der Waals surface area contributed by atoms with E-state index in [9.17, 15) is 18.8 Å². The summed E-state index contributed by atoms with van der Waals surface area (Å²) in [6.45, 7) is 8.21. The molecule has 2 fully saturated rings. The largest absolute Gasteiger partial charge is 0.381 e. The second kappa shape index (κ2) is 13.1. The normalized spacial score (nSPS) is 18.2. The molecule has 5 aromatic rings. The molecule has 11 heteroatoms. The zero-order chi connectivity index (χ0) is 35.4. The molecule has 3 amide bonds. The maximum absolute atomic E-state index is 14.8.